The highest BCUT2D eigenvalue weighted by Crippen LogP contribution is 2.10. The minimum Gasteiger partial charge on any atom is -0.369 e. The van der Waals surface area contributed by atoms with E-state index in [0.717, 1.165) is 5.69 Å². The smallest absolute Gasteiger partial charge is 0.254 e. The maximum atomic E-state index is 12.1. The predicted molar refractivity (Wildman–Crippen MR) is 80.7 cm³/mol. The maximum Gasteiger partial charge on any atom is 0.254 e. The number of anilines is 1. The zero-order valence-electron chi connectivity index (χ0n) is 12.4. The lowest BCUT2D eigenvalue weighted by Gasteiger charge is -2.18. The molecule has 2 rings (SSSR count). The maximum absolute atomic E-state index is 12.1. The van der Waals surface area contributed by atoms with Gasteiger partial charge in [0, 0.05) is 31.4 Å². The number of aromatic nitrogens is 4. The number of sulfonamides is 1. The fraction of sp³-hybridized carbons (Fsp3) is 0.583. The van der Waals surface area contributed by atoms with Crippen molar-refractivity contribution in [3.63, 3.8) is 0 Å². The first kappa shape index (κ1) is 15.6. The summed E-state index contributed by atoms with van der Waals surface area (Å²) in [6.45, 7) is 6.80. The monoisotopic (exact) mass is 312 g/mol. The number of hydrogen-bond donors (Lipinski definition) is 1. The molecular formula is C12H20N6O2S. The van der Waals surface area contributed by atoms with Crippen molar-refractivity contribution >= 4 is 21.6 Å². The summed E-state index contributed by atoms with van der Waals surface area (Å²) >= 11 is 0. The molecule has 8 nitrogen and oxygen atoms in total. The third-order valence-corrected chi connectivity index (χ3v) is 5.17. The van der Waals surface area contributed by atoms with Crippen molar-refractivity contribution in [2.24, 2.45) is 0 Å². The van der Waals surface area contributed by atoms with Crippen LogP contribution in [0.15, 0.2) is 12.4 Å². The van der Waals surface area contributed by atoms with Crippen LogP contribution in [0, 0.1) is 6.92 Å². The van der Waals surface area contributed by atoms with Gasteiger partial charge in [0.1, 0.15) is 12.1 Å². The largest absolute Gasteiger partial charge is 0.369 e. The first-order valence-corrected chi connectivity index (χ1v) is 8.48. The van der Waals surface area contributed by atoms with Crippen LogP contribution in [0.1, 0.15) is 19.5 Å². The van der Waals surface area contributed by atoms with Crippen LogP contribution < -0.4 is 5.32 Å². The summed E-state index contributed by atoms with van der Waals surface area (Å²) in [7, 11) is -3.23. The number of aryl methyl sites for hydroxylation is 1. The van der Waals surface area contributed by atoms with E-state index in [-0.39, 0.29) is 5.75 Å². The van der Waals surface area contributed by atoms with Crippen molar-refractivity contribution in [2.45, 2.75) is 20.8 Å². The van der Waals surface area contributed by atoms with E-state index in [9.17, 15) is 8.42 Å². The molecule has 0 fully saturated rings. The molecule has 0 saturated heterocycles. The normalized spacial score (nSPS) is 12.2. The molecule has 0 aliphatic heterocycles. The molecule has 0 unspecified atom stereocenters. The molecule has 0 aromatic carbocycles. The van der Waals surface area contributed by atoms with E-state index in [4.69, 9.17) is 0 Å². The summed E-state index contributed by atoms with van der Waals surface area (Å²) in [4.78, 5) is 8.26. The van der Waals surface area contributed by atoms with Gasteiger partial charge in [0.15, 0.2) is 0 Å². The van der Waals surface area contributed by atoms with Crippen molar-refractivity contribution in [1.82, 2.24) is 23.9 Å². The minimum absolute atomic E-state index is 0.0340. The van der Waals surface area contributed by atoms with Crippen LogP contribution in [-0.4, -0.2) is 57.7 Å². The molecule has 0 atom stereocenters. The highest BCUT2D eigenvalue weighted by Gasteiger charge is 2.18. The van der Waals surface area contributed by atoms with Gasteiger partial charge in [0.25, 0.3) is 5.78 Å². The summed E-state index contributed by atoms with van der Waals surface area (Å²) < 4.78 is 27.2. The van der Waals surface area contributed by atoms with Gasteiger partial charge in [-0.05, 0) is 6.92 Å². The van der Waals surface area contributed by atoms with Gasteiger partial charge >= 0.3 is 0 Å². The fourth-order valence-electron chi connectivity index (χ4n) is 2.11. The standard InChI is InChI=1S/C12H20N6O2S/c1-4-17(5-2)21(19,20)7-6-13-11-8-10(3)16-12-14-9-15-18(11)12/h8-9,13H,4-7H2,1-3H3. The molecule has 2 aromatic rings. The third-order valence-electron chi connectivity index (χ3n) is 3.14. The lowest BCUT2D eigenvalue weighted by Crippen LogP contribution is -2.34. The van der Waals surface area contributed by atoms with E-state index in [1.165, 1.54) is 10.6 Å². The number of rotatable bonds is 7. The number of fused-ring (bicyclic) bond motifs is 1. The Bertz CT molecular complexity index is 708. The van der Waals surface area contributed by atoms with Crippen molar-refractivity contribution < 1.29 is 8.42 Å². The molecule has 2 aromatic heterocycles. The summed E-state index contributed by atoms with van der Waals surface area (Å²) in [5.41, 5.74) is 0.796. The van der Waals surface area contributed by atoms with Gasteiger partial charge < -0.3 is 5.32 Å². The zero-order valence-corrected chi connectivity index (χ0v) is 13.3. The van der Waals surface area contributed by atoms with E-state index >= 15 is 0 Å². The second-order valence-electron chi connectivity index (χ2n) is 4.58. The van der Waals surface area contributed by atoms with Gasteiger partial charge in [-0.25, -0.2) is 17.7 Å². The van der Waals surface area contributed by atoms with Crippen molar-refractivity contribution in [3.05, 3.63) is 18.1 Å². The van der Waals surface area contributed by atoms with E-state index in [2.05, 4.69) is 20.4 Å². The van der Waals surface area contributed by atoms with Crippen LogP contribution in [0.25, 0.3) is 5.78 Å². The summed E-state index contributed by atoms with van der Waals surface area (Å²) in [6, 6.07) is 1.81. The first-order valence-electron chi connectivity index (χ1n) is 6.87. The van der Waals surface area contributed by atoms with Gasteiger partial charge in [-0.1, -0.05) is 13.8 Å². The molecule has 116 valence electrons. The molecular weight excluding hydrogens is 292 g/mol. The highest BCUT2D eigenvalue weighted by molar-refractivity contribution is 7.89. The molecule has 0 aliphatic rings. The Hall–Kier alpha value is -1.74. The fourth-order valence-corrected chi connectivity index (χ4v) is 3.52. The molecule has 0 bridgehead atoms. The molecule has 0 spiro atoms. The van der Waals surface area contributed by atoms with Crippen LogP contribution in [0.5, 0.6) is 0 Å². The second kappa shape index (κ2) is 6.35. The molecule has 21 heavy (non-hydrogen) atoms. The number of hydrogen-bond acceptors (Lipinski definition) is 6. The van der Waals surface area contributed by atoms with Gasteiger partial charge in [0.05, 0.1) is 5.75 Å². The molecule has 1 N–H and O–H groups in total. The Kier molecular flexibility index (Phi) is 4.73. The minimum atomic E-state index is -3.23. The van der Waals surface area contributed by atoms with Crippen LogP contribution in [0.3, 0.4) is 0 Å². The molecule has 0 aliphatic carbocycles. The predicted octanol–water partition coefficient (Wildman–Crippen LogP) is 0.516. The Morgan fingerprint density at radius 2 is 2.05 bits per heavy atom. The van der Waals surface area contributed by atoms with E-state index in [0.29, 0.717) is 31.2 Å². The Morgan fingerprint density at radius 1 is 1.33 bits per heavy atom. The summed E-state index contributed by atoms with van der Waals surface area (Å²) in [5, 5.41) is 7.15. The third kappa shape index (κ3) is 3.48. The number of nitrogens with one attached hydrogen (secondary N) is 1. The topological polar surface area (TPSA) is 92.5 Å². The molecule has 0 amide bonds. The van der Waals surface area contributed by atoms with E-state index in [1.807, 2.05) is 26.8 Å². The van der Waals surface area contributed by atoms with Gasteiger partial charge in [0.2, 0.25) is 10.0 Å². The number of nitrogens with zero attached hydrogens (tertiary/aromatic N) is 5. The van der Waals surface area contributed by atoms with Crippen LogP contribution in [-0.2, 0) is 10.0 Å². The van der Waals surface area contributed by atoms with E-state index < -0.39 is 10.0 Å². The summed E-state index contributed by atoms with van der Waals surface area (Å²) in [5.74, 6) is 1.21. The quantitative estimate of drug-likeness (QED) is 0.801. The average molecular weight is 312 g/mol. The van der Waals surface area contributed by atoms with Crippen LogP contribution in [0.4, 0.5) is 5.82 Å². The van der Waals surface area contributed by atoms with Crippen molar-refractivity contribution in [1.29, 1.82) is 0 Å². The van der Waals surface area contributed by atoms with Crippen molar-refractivity contribution in [2.75, 3.05) is 30.7 Å². The Labute approximate surface area is 124 Å². The average Bonchev–Trinajstić information content (AvgIpc) is 2.87. The molecule has 2 heterocycles. The second-order valence-corrected chi connectivity index (χ2v) is 6.67. The first-order chi connectivity index (χ1) is 9.97. The SMILES string of the molecule is CCN(CC)S(=O)(=O)CCNc1cc(C)nc2ncnn12. The van der Waals surface area contributed by atoms with E-state index in [1.54, 1.807) is 4.52 Å². The highest BCUT2D eigenvalue weighted by atomic mass is 32.2. The lowest BCUT2D eigenvalue weighted by molar-refractivity contribution is 0.446. The van der Waals surface area contributed by atoms with Crippen molar-refractivity contribution in [3.8, 4) is 0 Å². The Balaban J connectivity index is 2.07. The lowest BCUT2D eigenvalue weighted by atomic mass is 10.4. The summed E-state index contributed by atoms with van der Waals surface area (Å²) in [6.07, 6.45) is 1.42. The molecule has 0 saturated carbocycles. The Morgan fingerprint density at radius 3 is 2.71 bits per heavy atom. The van der Waals surface area contributed by atoms with Gasteiger partial charge in [-0.3, -0.25) is 0 Å². The zero-order chi connectivity index (χ0) is 15.5. The van der Waals surface area contributed by atoms with Gasteiger partial charge in [-0.15, -0.1) is 0 Å². The molecule has 9 heteroatoms. The molecule has 0 radical (unpaired) electrons. The van der Waals surface area contributed by atoms with Gasteiger partial charge in [-0.2, -0.15) is 14.6 Å². The van der Waals surface area contributed by atoms with Crippen LogP contribution in [0.2, 0.25) is 0 Å². The van der Waals surface area contributed by atoms with Crippen LogP contribution >= 0.6 is 0 Å².